The van der Waals surface area contributed by atoms with Gasteiger partial charge in [-0.25, -0.2) is 0 Å². The maximum atomic E-state index is 12.3. The van der Waals surface area contributed by atoms with E-state index in [2.05, 4.69) is 5.10 Å². The van der Waals surface area contributed by atoms with Crippen molar-refractivity contribution in [2.45, 2.75) is 6.54 Å². The molecule has 94 valence electrons. The molecule has 2 aromatic rings. The van der Waals surface area contributed by atoms with Crippen LogP contribution in [0.2, 0.25) is 0 Å². The third-order valence-electron chi connectivity index (χ3n) is 2.83. The molecule has 1 heterocycles. The summed E-state index contributed by atoms with van der Waals surface area (Å²) in [6.07, 6.45) is 3.26. The fraction of sp³-hybridized carbons (Fsp3) is 0.231. The van der Waals surface area contributed by atoms with Crippen LogP contribution in [0.4, 0.5) is 5.69 Å². The number of anilines is 1. The average Bonchev–Trinajstić information content (AvgIpc) is 2.83. The number of nitrogens with two attached hydrogens (primary N) is 1. The Balaban J connectivity index is 2.31. The number of carbonyl (C=O) groups excluding carboxylic acids is 1. The Morgan fingerprint density at radius 1 is 1.44 bits per heavy atom. The number of hydrogen-bond donors (Lipinski definition) is 1. The molecule has 0 bridgehead atoms. The van der Waals surface area contributed by atoms with Crippen molar-refractivity contribution in [3.8, 4) is 0 Å². The molecule has 5 nitrogen and oxygen atoms in total. The van der Waals surface area contributed by atoms with Crippen LogP contribution >= 0.6 is 0 Å². The van der Waals surface area contributed by atoms with E-state index < -0.39 is 0 Å². The highest BCUT2D eigenvalue weighted by Crippen LogP contribution is 2.20. The fourth-order valence-corrected chi connectivity index (χ4v) is 1.85. The third kappa shape index (κ3) is 2.26. The molecule has 0 atom stereocenters. The third-order valence-corrected chi connectivity index (χ3v) is 2.83. The fourth-order valence-electron chi connectivity index (χ4n) is 1.85. The van der Waals surface area contributed by atoms with E-state index in [0.717, 1.165) is 11.3 Å². The smallest absolute Gasteiger partial charge is 0.261 e. The molecule has 0 aliphatic carbocycles. The molecule has 0 unspecified atom stereocenters. The van der Waals surface area contributed by atoms with Gasteiger partial charge in [0.25, 0.3) is 5.91 Å². The molecule has 1 aromatic heterocycles. The largest absolute Gasteiger partial charge is 0.326 e. The number of benzene rings is 1. The number of rotatable bonds is 3. The normalized spacial score (nSPS) is 10.4. The van der Waals surface area contributed by atoms with E-state index in [4.69, 9.17) is 5.73 Å². The van der Waals surface area contributed by atoms with Crippen LogP contribution in [0, 0.1) is 0 Å². The van der Waals surface area contributed by atoms with Crippen molar-refractivity contribution in [1.29, 1.82) is 0 Å². The maximum Gasteiger partial charge on any atom is 0.261 e. The van der Waals surface area contributed by atoms with E-state index in [1.54, 1.807) is 36.1 Å². The monoisotopic (exact) mass is 244 g/mol. The van der Waals surface area contributed by atoms with Crippen molar-refractivity contribution >= 4 is 11.6 Å². The molecule has 0 fully saturated rings. The summed E-state index contributed by atoms with van der Waals surface area (Å²) in [5, 5.41) is 4.00. The Bertz CT molecular complexity index is 562. The zero-order valence-electron chi connectivity index (χ0n) is 10.5. The van der Waals surface area contributed by atoms with Gasteiger partial charge < -0.3 is 10.6 Å². The molecule has 1 amide bonds. The van der Waals surface area contributed by atoms with Crippen molar-refractivity contribution in [2.75, 3.05) is 11.9 Å². The molecule has 0 saturated carbocycles. The van der Waals surface area contributed by atoms with E-state index in [1.807, 2.05) is 24.3 Å². The van der Waals surface area contributed by atoms with Crippen LogP contribution < -0.4 is 10.6 Å². The van der Waals surface area contributed by atoms with Gasteiger partial charge >= 0.3 is 0 Å². The second kappa shape index (κ2) is 5.01. The maximum absolute atomic E-state index is 12.3. The van der Waals surface area contributed by atoms with E-state index in [1.165, 1.54) is 0 Å². The predicted molar refractivity (Wildman–Crippen MR) is 70.3 cm³/mol. The molecule has 0 spiro atoms. The van der Waals surface area contributed by atoms with Crippen molar-refractivity contribution < 1.29 is 4.79 Å². The Kier molecular flexibility index (Phi) is 3.43. The first-order chi connectivity index (χ1) is 8.63. The summed E-state index contributed by atoms with van der Waals surface area (Å²) in [5.74, 6) is -0.0935. The van der Waals surface area contributed by atoms with Crippen molar-refractivity contribution in [3.05, 3.63) is 47.8 Å². The van der Waals surface area contributed by atoms with Crippen molar-refractivity contribution in [1.82, 2.24) is 9.78 Å². The van der Waals surface area contributed by atoms with Gasteiger partial charge in [-0.05, 0) is 11.6 Å². The molecular formula is C13H16N4O. The number of carbonyl (C=O) groups is 1. The lowest BCUT2D eigenvalue weighted by Gasteiger charge is -2.19. The Hall–Kier alpha value is -2.14. The van der Waals surface area contributed by atoms with Crippen molar-refractivity contribution in [3.63, 3.8) is 0 Å². The lowest BCUT2D eigenvalue weighted by Crippen LogP contribution is -2.27. The summed E-state index contributed by atoms with van der Waals surface area (Å²) in [6, 6.07) is 7.61. The first kappa shape index (κ1) is 12.3. The average molecular weight is 244 g/mol. The minimum atomic E-state index is -0.0935. The topological polar surface area (TPSA) is 64.2 Å². The minimum absolute atomic E-state index is 0.0935. The molecule has 2 rings (SSSR count). The summed E-state index contributed by atoms with van der Waals surface area (Å²) in [5.41, 5.74) is 8.01. The number of hydrogen-bond acceptors (Lipinski definition) is 3. The molecular weight excluding hydrogens is 228 g/mol. The van der Waals surface area contributed by atoms with Crippen LogP contribution in [-0.4, -0.2) is 22.7 Å². The highest BCUT2D eigenvalue weighted by atomic mass is 16.2. The Morgan fingerprint density at radius 2 is 2.17 bits per heavy atom. The van der Waals surface area contributed by atoms with Gasteiger partial charge in [0.1, 0.15) is 0 Å². The van der Waals surface area contributed by atoms with Crippen LogP contribution in [0.3, 0.4) is 0 Å². The molecule has 0 saturated heterocycles. The number of aryl methyl sites for hydroxylation is 1. The Labute approximate surface area is 106 Å². The molecule has 5 heteroatoms. The summed E-state index contributed by atoms with van der Waals surface area (Å²) in [4.78, 5) is 13.9. The number of para-hydroxylation sites is 1. The van der Waals surface area contributed by atoms with Gasteiger partial charge in [0.15, 0.2) is 0 Å². The lowest BCUT2D eigenvalue weighted by atomic mass is 10.1. The standard InChI is InChI=1S/C13H16N4O/c1-16-9-11(8-15-16)13(18)17(2)12-6-4-3-5-10(12)7-14/h3-6,8-9H,7,14H2,1-2H3. The number of amides is 1. The first-order valence-corrected chi connectivity index (χ1v) is 5.68. The molecule has 0 radical (unpaired) electrons. The van der Waals surface area contributed by atoms with Gasteiger partial charge in [-0.3, -0.25) is 9.48 Å². The van der Waals surface area contributed by atoms with Crippen LogP contribution in [0.15, 0.2) is 36.7 Å². The highest BCUT2D eigenvalue weighted by molar-refractivity contribution is 6.05. The van der Waals surface area contributed by atoms with Gasteiger partial charge in [-0.15, -0.1) is 0 Å². The van der Waals surface area contributed by atoms with Gasteiger partial charge in [-0.1, -0.05) is 18.2 Å². The van der Waals surface area contributed by atoms with Crippen LogP contribution in [0.1, 0.15) is 15.9 Å². The second-order valence-electron chi connectivity index (χ2n) is 4.10. The minimum Gasteiger partial charge on any atom is -0.326 e. The van der Waals surface area contributed by atoms with E-state index in [-0.39, 0.29) is 5.91 Å². The zero-order chi connectivity index (χ0) is 13.1. The number of aromatic nitrogens is 2. The quantitative estimate of drug-likeness (QED) is 0.881. The van der Waals surface area contributed by atoms with E-state index in [0.29, 0.717) is 12.1 Å². The second-order valence-corrected chi connectivity index (χ2v) is 4.10. The summed E-state index contributed by atoms with van der Waals surface area (Å²) in [6.45, 7) is 0.404. The van der Waals surface area contributed by atoms with Crippen LogP contribution in [-0.2, 0) is 13.6 Å². The molecule has 18 heavy (non-hydrogen) atoms. The summed E-state index contributed by atoms with van der Waals surface area (Å²) < 4.78 is 1.61. The molecule has 1 aromatic carbocycles. The van der Waals surface area contributed by atoms with Gasteiger partial charge in [0.2, 0.25) is 0 Å². The van der Waals surface area contributed by atoms with Gasteiger partial charge in [0, 0.05) is 32.5 Å². The molecule has 0 aliphatic heterocycles. The highest BCUT2D eigenvalue weighted by Gasteiger charge is 2.16. The van der Waals surface area contributed by atoms with Crippen molar-refractivity contribution in [2.24, 2.45) is 12.8 Å². The summed E-state index contributed by atoms with van der Waals surface area (Å²) in [7, 11) is 3.52. The first-order valence-electron chi connectivity index (χ1n) is 5.68. The van der Waals surface area contributed by atoms with E-state index in [9.17, 15) is 4.79 Å². The van der Waals surface area contributed by atoms with Crippen LogP contribution in [0.25, 0.3) is 0 Å². The zero-order valence-corrected chi connectivity index (χ0v) is 10.5. The summed E-state index contributed by atoms with van der Waals surface area (Å²) >= 11 is 0. The van der Waals surface area contributed by atoms with Crippen LogP contribution in [0.5, 0.6) is 0 Å². The predicted octanol–water partition coefficient (Wildman–Crippen LogP) is 1.16. The van der Waals surface area contributed by atoms with E-state index >= 15 is 0 Å². The van der Waals surface area contributed by atoms with Gasteiger partial charge in [-0.2, -0.15) is 5.10 Å². The van der Waals surface area contributed by atoms with Gasteiger partial charge in [0.05, 0.1) is 11.8 Å². The Morgan fingerprint density at radius 3 is 2.78 bits per heavy atom. The molecule has 2 N–H and O–H groups in total. The number of nitrogens with zero attached hydrogens (tertiary/aromatic N) is 3. The SMILES string of the molecule is CN(C(=O)c1cnn(C)c1)c1ccccc1CN. The molecule has 0 aliphatic rings. The lowest BCUT2D eigenvalue weighted by molar-refractivity contribution is 0.0993.